The number of nitrogens with zero attached hydrogens (tertiary/aromatic N) is 8. The van der Waals surface area contributed by atoms with Crippen molar-refractivity contribution in [2.24, 2.45) is 5.41 Å². The topological polar surface area (TPSA) is 571 Å². The summed E-state index contributed by atoms with van der Waals surface area (Å²) in [5.41, 5.74) is -2.26. The van der Waals surface area contributed by atoms with Crippen LogP contribution >= 0.6 is 0 Å². The van der Waals surface area contributed by atoms with Gasteiger partial charge in [0.2, 0.25) is 29.7 Å². The number of amides is 1. The van der Waals surface area contributed by atoms with Gasteiger partial charge in [0, 0.05) is 67.9 Å². The molecule has 1 amide bonds. The Bertz CT molecular complexity index is 3890. The Morgan fingerprint density at radius 3 is 1.38 bits per heavy atom. The number of hydrogen-bond acceptors (Lipinski definition) is 32. The summed E-state index contributed by atoms with van der Waals surface area (Å²) in [6.07, 6.45) is 6.10. The van der Waals surface area contributed by atoms with E-state index in [1.54, 1.807) is 85.8 Å². The van der Waals surface area contributed by atoms with Gasteiger partial charge in [0.05, 0.1) is 35.8 Å². The first-order chi connectivity index (χ1) is 42.1. The summed E-state index contributed by atoms with van der Waals surface area (Å²) in [7, 11) is -20.3. The first kappa shape index (κ1) is 114. The molecule has 512 valence electrons. The van der Waals surface area contributed by atoms with E-state index in [4.69, 9.17) is 0 Å². The number of para-hydroxylation sites is 1. The summed E-state index contributed by atoms with van der Waals surface area (Å²) in [6, 6.07) is 21.1. The van der Waals surface area contributed by atoms with Gasteiger partial charge in [-0.15, -0.1) is 0 Å². The van der Waals surface area contributed by atoms with Gasteiger partial charge in [-0.05, 0) is 71.8 Å². The Morgan fingerprint density at radius 2 is 0.931 bits per heavy atom. The van der Waals surface area contributed by atoms with Crippen molar-refractivity contribution >= 4 is 125 Å². The number of Topliss-reactive ketones (excluding diaryl/α,β-unsaturated/α-hetero) is 1. The second kappa shape index (κ2) is 52.3. The van der Waals surface area contributed by atoms with Crippen LogP contribution in [-0.2, 0) is 82.1 Å². The smallest absolute Gasteiger partial charge is 0.870 e. The number of nitrogens with one attached hydrogen (secondary N) is 3. The number of carbonyl (C=O) groups is 2. The van der Waals surface area contributed by atoms with Crippen molar-refractivity contribution in [2.45, 2.75) is 100 Å². The van der Waals surface area contributed by atoms with Gasteiger partial charge < -0.3 is 85.0 Å². The molecule has 2 unspecified atom stereocenters. The third-order valence-electron chi connectivity index (χ3n) is 12.8. The van der Waals surface area contributed by atoms with Crippen molar-refractivity contribution < 1.29 is 339 Å². The molecule has 2 heterocycles. The molecule has 0 saturated carbocycles. The fourth-order valence-corrected chi connectivity index (χ4v) is 12.6. The number of carbonyl (C=O) groups excluding carboxylic acids is 6. The van der Waals surface area contributed by atoms with Crippen LogP contribution in [0, 0.1) is 5.41 Å². The second-order valence-electron chi connectivity index (χ2n) is 21.6. The minimum Gasteiger partial charge on any atom is -0.870 e. The first-order valence-corrected chi connectivity index (χ1v) is 32.8. The summed E-state index contributed by atoms with van der Waals surface area (Å²) in [4.78, 5) is 102. The Kier molecular flexibility index (Phi) is 58.7. The third-order valence-corrected chi connectivity index (χ3v) is 16.8. The van der Waals surface area contributed by atoms with Crippen LogP contribution in [0.2, 0.25) is 0 Å². The predicted molar refractivity (Wildman–Crippen MR) is 328 cm³/mol. The van der Waals surface area contributed by atoms with Gasteiger partial charge in [0.1, 0.15) is 37.7 Å². The summed E-state index contributed by atoms with van der Waals surface area (Å²) >= 11 is 0. The molecule has 0 saturated heterocycles. The minimum absolute atomic E-state index is 0. The maximum absolute atomic E-state index is 13.2. The standard InChI is InChI=1S/C57H61N11O18S4.8Na.4H2O/c1-56(2,36-87(75,76)77)33-46(73)21-25-67(44(34-71)23-27-69)54-61-49(30-38-11-7-5-8-12-38)60-50(62-54)31-39-15-16-40(47(29-39)89(81,82)83)17-18-41-19-20-43(32-48(41)90(84,85)86)59-53-63-52(58-42-13-9-6-10-14-42)64-55(65-53)68(45(35-72)24-28-70)26-22-51(74)66-57(3,4)37-88(78,79)80;;;;;;;;;;;;/h5-20,29,32,44-45H,21-26,30-31,33,36-37H2,1-4H3,(H,66,74)(H,75,76,77)(H,78,79,80)(H,81,82,83)(H,84,85,86)(H2,58,59,63,64,65);;;;;;;;;4*1H2/q-4;8*+1;;;;/p-8/b18-17+;;;;;;;;;;;;. The average Bonchev–Trinajstić information content (AvgIpc) is 0.808. The maximum Gasteiger partial charge on any atom is 1.00 e. The maximum atomic E-state index is 13.2. The number of anilines is 6. The van der Waals surface area contributed by atoms with Crippen molar-refractivity contribution in [3.8, 4) is 0 Å². The zero-order valence-electron chi connectivity index (χ0n) is 58.2. The molecule has 102 heavy (non-hydrogen) atoms. The van der Waals surface area contributed by atoms with Gasteiger partial charge in [-0.1, -0.05) is 105 Å². The zero-order chi connectivity index (χ0) is 66.2. The molecule has 0 aliphatic carbocycles. The predicted octanol–water partition coefficient (Wildman–Crippen LogP) is -21.7. The molecule has 6 rings (SSSR count). The fraction of sp³-hybridized carbons (Fsp3) is 0.333. The zero-order valence-corrected chi connectivity index (χ0v) is 77.4. The monoisotopic (exact) mass is 1560 g/mol. The van der Waals surface area contributed by atoms with Crippen LogP contribution in [0.15, 0.2) is 107 Å². The van der Waals surface area contributed by atoms with Gasteiger partial charge in [-0.2, -0.15) is 37.8 Å². The van der Waals surface area contributed by atoms with E-state index < -0.39 is 122 Å². The van der Waals surface area contributed by atoms with Crippen LogP contribution in [0.1, 0.15) is 93.7 Å². The van der Waals surface area contributed by atoms with Crippen LogP contribution < -0.4 is 262 Å². The van der Waals surface area contributed by atoms with Crippen LogP contribution in [-0.4, -0.2) is 183 Å². The molecule has 0 fully saturated rings. The summed E-state index contributed by atoms with van der Waals surface area (Å²) in [5.74, 6) is -4.25. The number of ketones is 1. The van der Waals surface area contributed by atoms with E-state index >= 15 is 0 Å². The van der Waals surface area contributed by atoms with E-state index in [2.05, 4.69) is 45.9 Å². The molecular formula is C57H61N11Na8O22S4-4. The molecule has 2 atom stereocenters. The van der Waals surface area contributed by atoms with Crippen LogP contribution in [0.3, 0.4) is 0 Å². The molecule has 0 bridgehead atoms. The number of rotatable bonds is 35. The van der Waals surface area contributed by atoms with Gasteiger partial charge in [-0.25, -0.2) is 51.2 Å². The van der Waals surface area contributed by atoms with Gasteiger partial charge in [0.25, 0.3) is 0 Å². The van der Waals surface area contributed by atoms with Gasteiger partial charge >= 0.3 is 236 Å². The molecule has 2 aromatic heterocycles. The Morgan fingerprint density at radius 1 is 0.510 bits per heavy atom. The van der Waals surface area contributed by atoms with E-state index in [9.17, 15) is 80.6 Å². The van der Waals surface area contributed by atoms with E-state index in [1.807, 2.05) is 0 Å². The molecule has 0 aliphatic rings. The number of aromatic nitrogens is 6. The summed E-state index contributed by atoms with van der Waals surface area (Å²) in [5, 5.41) is 8.11. The fourth-order valence-electron chi connectivity index (χ4n) is 9.19. The number of hydrogen-bond donors (Lipinski definition) is 3. The largest absolute Gasteiger partial charge is 1.00 e. The van der Waals surface area contributed by atoms with Gasteiger partial charge in [0.15, 0.2) is 0 Å². The van der Waals surface area contributed by atoms with Crippen molar-refractivity contribution in [1.82, 2.24) is 35.2 Å². The molecule has 0 radical (unpaired) electrons. The van der Waals surface area contributed by atoms with Crippen LogP contribution in [0.25, 0.3) is 12.2 Å². The average molecular weight is 1560 g/mol. The molecular weight excluding hydrogens is 1500 g/mol. The molecule has 33 nitrogen and oxygen atoms in total. The Hall–Kier alpha value is -0.860. The van der Waals surface area contributed by atoms with E-state index in [0.717, 1.165) is 35.3 Å². The first-order valence-electron chi connectivity index (χ1n) is 26.8. The second-order valence-corrected chi connectivity index (χ2v) is 27.1. The van der Waals surface area contributed by atoms with Crippen molar-refractivity contribution in [3.63, 3.8) is 0 Å². The van der Waals surface area contributed by atoms with Crippen LogP contribution in [0.4, 0.5) is 35.2 Å². The van der Waals surface area contributed by atoms with E-state index in [0.29, 0.717) is 11.3 Å². The van der Waals surface area contributed by atoms with Crippen molar-refractivity contribution in [1.29, 1.82) is 0 Å². The molecule has 6 aromatic rings. The summed E-state index contributed by atoms with van der Waals surface area (Å²) in [6.45, 7) is 4.67. The van der Waals surface area contributed by atoms with E-state index in [1.165, 1.54) is 50.8 Å². The number of benzene rings is 4. The Labute approximate surface area is 768 Å². The third kappa shape index (κ3) is 39.2. The summed E-state index contributed by atoms with van der Waals surface area (Å²) < 4.78 is 147. The molecule has 0 spiro atoms. The Balaban J connectivity index is -0.00000150. The van der Waals surface area contributed by atoms with E-state index in [-0.39, 0.29) is 348 Å². The normalized spacial score (nSPS) is 11.5. The molecule has 0 aliphatic heterocycles. The van der Waals surface area contributed by atoms with Crippen molar-refractivity contribution in [3.05, 3.63) is 131 Å². The molecule has 45 heteroatoms. The molecule has 4 aromatic carbocycles. The van der Waals surface area contributed by atoms with Crippen LogP contribution in [0.5, 0.6) is 0 Å². The quantitative estimate of drug-likeness (QED) is 0.0144. The van der Waals surface area contributed by atoms with Gasteiger partial charge in [-0.3, -0.25) is 22.2 Å². The minimum atomic E-state index is -5.40. The van der Waals surface area contributed by atoms with Crippen molar-refractivity contribution in [2.75, 3.05) is 45.0 Å². The SMILES string of the molecule is CC(C)(CC(=O)CCN(c1nc(Cc2ccccc2)nc(Cc2ccc(/C=C/c3ccc(Nc4nc(Nc5ccccc5)nc(N(CCC(=O)NC(C)(C)CS(=O)(=O)[O-])C([C-]=O)C[C-]=O)n4)cc3S(=O)(=O)[O-])c(S(=O)(=O)[O-])c2)n1)C([C-]=O)C[C-]=O)CS(=O)(=O)[O-].[Na+].[Na+].[Na+].[Na+].[Na+].[Na+].[Na+].[Na+].[OH-].[OH-].[OH-].[OH-]. The molecule has 7 N–H and O–H groups in total.